The molecule has 0 saturated carbocycles. The zero-order valence-electron chi connectivity index (χ0n) is 17.8. The highest BCUT2D eigenvalue weighted by Crippen LogP contribution is 2.23. The average molecular weight is 448 g/mol. The minimum absolute atomic E-state index is 0.0643. The van der Waals surface area contributed by atoms with Crippen molar-refractivity contribution in [2.75, 3.05) is 39.4 Å². The van der Waals surface area contributed by atoms with E-state index in [0.717, 1.165) is 30.2 Å². The topological polar surface area (TPSA) is 101 Å². The Kier molecular flexibility index (Phi) is 8.03. The molecule has 3 rings (SSSR count). The maximum Gasteiger partial charge on any atom is 0.244 e. The Morgan fingerprint density at radius 2 is 1.87 bits per heavy atom. The summed E-state index contributed by atoms with van der Waals surface area (Å²) in [6.45, 7) is 7.23. The lowest BCUT2D eigenvalue weighted by Crippen LogP contribution is -2.43. The fourth-order valence-electron chi connectivity index (χ4n) is 3.39. The van der Waals surface area contributed by atoms with Gasteiger partial charge in [0.25, 0.3) is 0 Å². The molecule has 9 heteroatoms. The highest BCUT2D eigenvalue weighted by molar-refractivity contribution is 7.89. The number of carbonyl (C=O) groups is 1. The van der Waals surface area contributed by atoms with Gasteiger partial charge in [0.05, 0.1) is 24.2 Å². The second kappa shape index (κ2) is 10.7. The van der Waals surface area contributed by atoms with Gasteiger partial charge in [-0.3, -0.25) is 9.69 Å². The lowest BCUT2D eigenvalue weighted by Gasteiger charge is -2.33. The van der Waals surface area contributed by atoms with Gasteiger partial charge in [0.1, 0.15) is 11.5 Å². The van der Waals surface area contributed by atoms with Gasteiger partial charge in [0.2, 0.25) is 15.9 Å². The van der Waals surface area contributed by atoms with E-state index in [1.165, 1.54) is 18.2 Å². The van der Waals surface area contributed by atoms with Crippen LogP contribution in [-0.4, -0.2) is 58.6 Å². The number of benzene rings is 1. The van der Waals surface area contributed by atoms with Crippen LogP contribution in [0.2, 0.25) is 0 Å². The van der Waals surface area contributed by atoms with Crippen LogP contribution in [0, 0.1) is 6.92 Å². The van der Waals surface area contributed by atoms with Gasteiger partial charge in [-0.15, -0.1) is 0 Å². The molecule has 168 valence electrons. The molecule has 0 radical (unpaired) electrons. The molecular formula is C22H29N3O5S. The van der Waals surface area contributed by atoms with Crippen LogP contribution in [0.4, 0.5) is 0 Å². The molecule has 1 aliphatic heterocycles. The Balaban J connectivity index is 1.60. The van der Waals surface area contributed by atoms with Crippen LogP contribution in [0.25, 0.3) is 6.08 Å². The van der Waals surface area contributed by atoms with Crippen LogP contribution in [0.3, 0.4) is 0 Å². The molecule has 1 aromatic heterocycles. The van der Waals surface area contributed by atoms with Crippen LogP contribution >= 0.6 is 0 Å². The minimum Gasteiger partial charge on any atom is -0.465 e. The SMILES string of the molecule is CCNS(=O)(=O)c1ccc(/C=C/C(=O)NCC(c2ccc(C)o2)N2CCOCC2)cc1. The van der Waals surface area contributed by atoms with E-state index in [1.54, 1.807) is 25.1 Å². The normalized spacial score (nSPS) is 16.5. The van der Waals surface area contributed by atoms with Gasteiger partial charge in [-0.1, -0.05) is 19.1 Å². The van der Waals surface area contributed by atoms with Gasteiger partial charge < -0.3 is 14.5 Å². The second-order valence-electron chi connectivity index (χ2n) is 7.26. The number of furan rings is 1. The van der Waals surface area contributed by atoms with Crippen molar-refractivity contribution >= 4 is 22.0 Å². The highest BCUT2D eigenvalue weighted by Gasteiger charge is 2.25. The first-order chi connectivity index (χ1) is 14.9. The summed E-state index contributed by atoms with van der Waals surface area (Å²) in [5.74, 6) is 1.42. The molecule has 1 fully saturated rings. The van der Waals surface area contributed by atoms with Crippen LogP contribution < -0.4 is 10.0 Å². The number of carbonyl (C=O) groups excluding carboxylic acids is 1. The first-order valence-corrected chi connectivity index (χ1v) is 11.8. The predicted octanol–water partition coefficient (Wildman–Crippen LogP) is 2.09. The summed E-state index contributed by atoms with van der Waals surface area (Å²) < 4.78 is 37.7. The molecule has 1 amide bonds. The van der Waals surface area contributed by atoms with E-state index in [0.29, 0.717) is 26.3 Å². The van der Waals surface area contributed by atoms with Gasteiger partial charge in [-0.25, -0.2) is 13.1 Å². The second-order valence-corrected chi connectivity index (χ2v) is 9.03. The Morgan fingerprint density at radius 3 is 2.48 bits per heavy atom. The Labute approximate surface area is 183 Å². The van der Waals surface area contributed by atoms with Crippen LogP contribution in [0.1, 0.15) is 30.0 Å². The number of nitrogens with zero attached hydrogens (tertiary/aromatic N) is 1. The molecule has 1 atom stereocenters. The highest BCUT2D eigenvalue weighted by atomic mass is 32.2. The average Bonchev–Trinajstić information content (AvgIpc) is 3.19. The van der Waals surface area contributed by atoms with Crippen molar-refractivity contribution in [2.45, 2.75) is 24.8 Å². The maximum absolute atomic E-state index is 12.4. The number of aryl methyl sites for hydroxylation is 1. The van der Waals surface area contributed by atoms with E-state index >= 15 is 0 Å². The molecule has 1 unspecified atom stereocenters. The summed E-state index contributed by atoms with van der Waals surface area (Å²) in [6, 6.07) is 10.2. The van der Waals surface area contributed by atoms with E-state index in [4.69, 9.17) is 9.15 Å². The number of hydrogen-bond donors (Lipinski definition) is 2. The lowest BCUT2D eigenvalue weighted by molar-refractivity contribution is -0.116. The number of nitrogens with one attached hydrogen (secondary N) is 2. The third-order valence-corrected chi connectivity index (χ3v) is 6.56. The number of hydrogen-bond acceptors (Lipinski definition) is 6. The number of morpholine rings is 1. The Morgan fingerprint density at radius 1 is 1.16 bits per heavy atom. The van der Waals surface area contributed by atoms with Crippen LogP contribution in [-0.2, 0) is 19.6 Å². The standard InChI is InChI=1S/C22H29N3O5S/c1-3-24-31(27,28)19-8-5-18(6-9-19)7-11-22(26)23-16-20(21-10-4-17(2)30-21)25-12-14-29-15-13-25/h4-11,20,24H,3,12-16H2,1-2H3,(H,23,26)/b11-7+. The first-order valence-electron chi connectivity index (χ1n) is 10.3. The van der Waals surface area contributed by atoms with Crippen molar-refractivity contribution in [3.63, 3.8) is 0 Å². The van der Waals surface area contributed by atoms with Crippen molar-refractivity contribution in [3.05, 3.63) is 59.6 Å². The fourth-order valence-corrected chi connectivity index (χ4v) is 4.43. The number of ether oxygens (including phenoxy) is 1. The van der Waals surface area contributed by atoms with Crippen molar-refractivity contribution in [1.29, 1.82) is 0 Å². The van der Waals surface area contributed by atoms with Crippen molar-refractivity contribution < 1.29 is 22.4 Å². The van der Waals surface area contributed by atoms with Gasteiger partial charge >= 0.3 is 0 Å². The van der Waals surface area contributed by atoms with Crippen molar-refractivity contribution in [3.8, 4) is 0 Å². The van der Waals surface area contributed by atoms with E-state index in [-0.39, 0.29) is 16.8 Å². The zero-order valence-corrected chi connectivity index (χ0v) is 18.7. The van der Waals surface area contributed by atoms with Crippen molar-refractivity contribution in [2.24, 2.45) is 0 Å². The number of sulfonamides is 1. The maximum atomic E-state index is 12.4. The Hall–Kier alpha value is -2.46. The summed E-state index contributed by atoms with van der Waals surface area (Å²) in [5, 5.41) is 2.94. The van der Waals surface area contributed by atoms with Gasteiger partial charge in [-0.05, 0) is 42.8 Å². The van der Waals surface area contributed by atoms with Gasteiger partial charge in [-0.2, -0.15) is 0 Å². The molecule has 0 bridgehead atoms. The number of rotatable bonds is 9. The predicted molar refractivity (Wildman–Crippen MR) is 118 cm³/mol. The molecule has 1 saturated heterocycles. The Bertz CT molecular complexity index is 992. The quantitative estimate of drug-likeness (QED) is 0.571. The summed E-state index contributed by atoms with van der Waals surface area (Å²) in [7, 11) is -3.49. The molecule has 2 aromatic rings. The fraction of sp³-hybridized carbons (Fsp3) is 0.409. The largest absolute Gasteiger partial charge is 0.465 e. The third-order valence-electron chi connectivity index (χ3n) is 5.00. The summed E-state index contributed by atoms with van der Waals surface area (Å²) in [4.78, 5) is 14.8. The molecule has 2 N–H and O–H groups in total. The molecule has 31 heavy (non-hydrogen) atoms. The molecule has 8 nitrogen and oxygen atoms in total. The smallest absolute Gasteiger partial charge is 0.244 e. The number of amides is 1. The monoisotopic (exact) mass is 447 g/mol. The van der Waals surface area contributed by atoms with Crippen LogP contribution in [0.5, 0.6) is 0 Å². The zero-order chi connectivity index (χ0) is 22.3. The minimum atomic E-state index is -3.49. The molecule has 0 aliphatic carbocycles. The third kappa shape index (κ3) is 6.51. The van der Waals surface area contributed by atoms with E-state index in [1.807, 2.05) is 19.1 Å². The van der Waals surface area contributed by atoms with Gasteiger partial charge in [0, 0.05) is 32.3 Å². The summed E-state index contributed by atoms with van der Waals surface area (Å²) >= 11 is 0. The lowest BCUT2D eigenvalue weighted by atomic mass is 10.1. The summed E-state index contributed by atoms with van der Waals surface area (Å²) in [6.07, 6.45) is 3.09. The van der Waals surface area contributed by atoms with E-state index in [2.05, 4.69) is 14.9 Å². The van der Waals surface area contributed by atoms with Crippen molar-refractivity contribution in [1.82, 2.24) is 14.9 Å². The summed E-state index contributed by atoms with van der Waals surface area (Å²) in [5.41, 5.74) is 0.733. The molecule has 0 spiro atoms. The van der Waals surface area contributed by atoms with Crippen LogP contribution in [0.15, 0.2) is 51.8 Å². The van der Waals surface area contributed by atoms with E-state index < -0.39 is 10.0 Å². The molecular weight excluding hydrogens is 418 g/mol. The van der Waals surface area contributed by atoms with E-state index in [9.17, 15) is 13.2 Å². The first kappa shape index (κ1) is 23.2. The molecule has 1 aliphatic rings. The molecule has 2 heterocycles. The molecule has 1 aromatic carbocycles. The van der Waals surface area contributed by atoms with Gasteiger partial charge in [0.15, 0.2) is 0 Å².